The molecular weight excluding hydrogens is 611 g/mol. The molecule has 0 amide bonds. The molecule has 0 saturated carbocycles. The van der Waals surface area contributed by atoms with Crippen LogP contribution < -0.4 is 0 Å². The second-order valence-corrected chi connectivity index (χ2v) is 9.21. The van der Waals surface area contributed by atoms with Crippen LogP contribution >= 0.6 is 0 Å². The van der Waals surface area contributed by atoms with Gasteiger partial charge in [-0.1, -0.05) is 86.5 Å². The van der Waals surface area contributed by atoms with Gasteiger partial charge in [-0.15, -0.1) is 29.3 Å². The third-order valence-corrected chi connectivity index (χ3v) is 6.60. The minimum absolute atomic E-state index is 0. The topological polar surface area (TPSA) is 50.2 Å². The summed E-state index contributed by atoms with van der Waals surface area (Å²) >= 11 is 0. The van der Waals surface area contributed by atoms with Gasteiger partial charge in [-0.25, -0.2) is 0 Å². The van der Waals surface area contributed by atoms with Gasteiger partial charge in [0.05, 0.1) is 11.3 Å². The van der Waals surface area contributed by atoms with E-state index in [0.717, 1.165) is 16.8 Å². The van der Waals surface area contributed by atoms with Crippen LogP contribution in [0.2, 0.25) is 0 Å². The van der Waals surface area contributed by atoms with Crippen LogP contribution in [0.4, 0.5) is 0 Å². The van der Waals surface area contributed by atoms with Gasteiger partial charge in [0, 0.05) is 25.7 Å². The van der Waals surface area contributed by atoms with Crippen molar-refractivity contribution in [1.82, 2.24) is 4.98 Å². The third kappa shape index (κ3) is 5.15. The van der Waals surface area contributed by atoms with Crippen molar-refractivity contribution in [2.75, 3.05) is 0 Å². The van der Waals surface area contributed by atoms with Crippen molar-refractivity contribution in [2.45, 2.75) is 46.5 Å². The summed E-state index contributed by atoms with van der Waals surface area (Å²) in [5, 5.41) is 10.0. The molecule has 5 rings (SSSR count). The van der Waals surface area contributed by atoms with E-state index in [0.29, 0.717) is 12.0 Å². The molecule has 181 valence electrons. The maximum atomic E-state index is 10.6. The number of allylic oxidation sites excluding steroid dienone is 2. The monoisotopic (exact) mass is 641 g/mol. The largest absolute Gasteiger partial charge is 0.512 e. The minimum atomic E-state index is -0.0440. The third-order valence-electron chi connectivity index (χ3n) is 6.60. The van der Waals surface area contributed by atoms with Crippen LogP contribution in [-0.2, 0) is 30.3 Å². The number of Topliss-reactive ketones (excluding diaryl/α,β-unsaturated/α-hetero) is 1. The Morgan fingerprint density at radius 2 is 1.63 bits per heavy atom. The number of aliphatic hydroxyl groups is 1. The average Bonchev–Trinajstić information content (AvgIpc) is 3.06. The quantitative estimate of drug-likeness (QED) is 0.141. The molecule has 0 unspecified atom stereocenters. The molecule has 0 atom stereocenters. The second kappa shape index (κ2) is 10.7. The van der Waals surface area contributed by atoms with Crippen molar-refractivity contribution in [3.63, 3.8) is 0 Å². The molecule has 1 aliphatic carbocycles. The van der Waals surface area contributed by atoms with E-state index in [4.69, 9.17) is 10.1 Å². The number of rotatable bonds is 3. The number of hydrogen-bond acceptors (Lipinski definition) is 3. The number of benzene rings is 3. The molecule has 1 aromatic heterocycles. The number of aliphatic hydroxyl groups excluding tert-OH is 1. The SMILES string of the molecule is CC/C(C(C)=O)=C(\C)O.CC1(C)c2ccccc2-c2c[c-]c(-c3ccc4ccccc4n3)cc21.[Ir]. The number of carbonyl (C=O) groups excluding carboxylic acids is 1. The number of para-hydroxylation sites is 1. The first-order valence-electron chi connectivity index (χ1n) is 11.7. The summed E-state index contributed by atoms with van der Waals surface area (Å²) in [6.45, 7) is 9.43. The van der Waals surface area contributed by atoms with Crippen LogP contribution in [-0.4, -0.2) is 15.9 Å². The Balaban J connectivity index is 0.000000297. The van der Waals surface area contributed by atoms with Crippen molar-refractivity contribution in [3.05, 3.63) is 101 Å². The van der Waals surface area contributed by atoms with E-state index < -0.39 is 0 Å². The van der Waals surface area contributed by atoms with Gasteiger partial charge in [0.25, 0.3) is 0 Å². The predicted octanol–water partition coefficient (Wildman–Crippen LogP) is 7.82. The summed E-state index contributed by atoms with van der Waals surface area (Å²) in [4.78, 5) is 15.4. The predicted molar refractivity (Wildman–Crippen MR) is 140 cm³/mol. The van der Waals surface area contributed by atoms with Crippen LogP contribution in [0.3, 0.4) is 0 Å². The number of aromatic nitrogens is 1. The Bertz CT molecular complexity index is 1410. The molecule has 35 heavy (non-hydrogen) atoms. The minimum Gasteiger partial charge on any atom is -0.512 e. The zero-order valence-corrected chi connectivity index (χ0v) is 23.2. The maximum Gasteiger partial charge on any atom is 0.159 e. The fourth-order valence-corrected chi connectivity index (χ4v) is 4.76. The van der Waals surface area contributed by atoms with Crippen LogP contribution in [0.15, 0.2) is 84.1 Å². The molecule has 1 heterocycles. The summed E-state index contributed by atoms with van der Waals surface area (Å²) < 4.78 is 0. The van der Waals surface area contributed by atoms with E-state index in [-0.39, 0.29) is 37.1 Å². The number of carbonyl (C=O) groups is 1. The second-order valence-electron chi connectivity index (χ2n) is 9.21. The summed E-state index contributed by atoms with van der Waals surface area (Å²) in [7, 11) is 0. The molecule has 0 fully saturated rings. The summed E-state index contributed by atoms with van der Waals surface area (Å²) in [6.07, 6.45) is 0.609. The Morgan fingerprint density at radius 1 is 0.943 bits per heavy atom. The van der Waals surface area contributed by atoms with Crippen molar-refractivity contribution in [3.8, 4) is 22.4 Å². The molecule has 0 aliphatic heterocycles. The van der Waals surface area contributed by atoms with Crippen molar-refractivity contribution < 1.29 is 30.0 Å². The first kappa shape index (κ1) is 26.5. The first-order chi connectivity index (χ1) is 16.2. The van der Waals surface area contributed by atoms with Crippen LogP contribution in [0.1, 0.15) is 52.2 Å². The van der Waals surface area contributed by atoms with E-state index in [9.17, 15) is 4.79 Å². The molecule has 0 saturated heterocycles. The van der Waals surface area contributed by atoms with Crippen molar-refractivity contribution >= 4 is 16.7 Å². The van der Waals surface area contributed by atoms with Gasteiger partial charge in [0.1, 0.15) is 0 Å². The molecule has 1 N–H and O–H groups in total. The molecule has 3 aromatic carbocycles. The number of hydrogen-bond donors (Lipinski definition) is 1. The smallest absolute Gasteiger partial charge is 0.159 e. The fourth-order valence-electron chi connectivity index (χ4n) is 4.76. The first-order valence-corrected chi connectivity index (χ1v) is 11.7. The van der Waals surface area contributed by atoms with Crippen molar-refractivity contribution in [2.24, 2.45) is 0 Å². The van der Waals surface area contributed by atoms with Crippen LogP contribution in [0.25, 0.3) is 33.3 Å². The van der Waals surface area contributed by atoms with Gasteiger partial charge >= 0.3 is 0 Å². The fraction of sp³-hybridized carbons (Fsp3) is 0.226. The number of nitrogens with zero attached hydrogens (tertiary/aromatic N) is 1. The molecule has 1 radical (unpaired) electrons. The maximum absolute atomic E-state index is 10.6. The van der Waals surface area contributed by atoms with E-state index in [1.165, 1.54) is 41.5 Å². The van der Waals surface area contributed by atoms with Gasteiger partial charge in [-0.05, 0) is 48.4 Å². The molecule has 4 aromatic rings. The normalized spacial score (nSPS) is 13.5. The number of fused-ring (bicyclic) bond motifs is 4. The Labute approximate surface area is 221 Å². The van der Waals surface area contributed by atoms with Gasteiger partial charge < -0.3 is 5.11 Å². The Hall–Kier alpha value is -3.07. The van der Waals surface area contributed by atoms with E-state index in [1.807, 2.05) is 19.1 Å². The summed E-state index contributed by atoms with van der Waals surface area (Å²) in [6, 6.07) is 29.0. The van der Waals surface area contributed by atoms with E-state index in [1.54, 1.807) is 0 Å². The Morgan fingerprint density at radius 3 is 2.29 bits per heavy atom. The summed E-state index contributed by atoms with van der Waals surface area (Å²) in [5.74, 6) is 0.0995. The Kier molecular flexibility index (Phi) is 8.10. The molecule has 4 heteroatoms. The number of ketones is 1. The van der Waals surface area contributed by atoms with Gasteiger partial charge in [-0.2, -0.15) is 0 Å². The molecule has 0 spiro atoms. The van der Waals surface area contributed by atoms with E-state index >= 15 is 0 Å². The number of pyridine rings is 1. The van der Waals surface area contributed by atoms with Crippen LogP contribution in [0, 0.1) is 6.07 Å². The van der Waals surface area contributed by atoms with Gasteiger partial charge in [0.15, 0.2) is 5.78 Å². The molecule has 1 aliphatic rings. The zero-order valence-electron chi connectivity index (χ0n) is 20.8. The zero-order chi connectivity index (χ0) is 24.5. The van der Waals surface area contributed by atoms with Gasteiger partial charge in [-0.3, -0.25) is 9.78 Å². The molecule has 0 bridgehead atoms. The van der Waals surface area contributed by atoms with E-state index in [2.05, 4.69) is 80.6 Å². The molecule has 3 nitrogen and oxygen atoms in total. The standard InChI is InChI=1S/C24H18N.C7H12O2.Ir/c1-24(2)20-9-5-4-8-18(20)19-13-11-17(15-21(19)24)23-14-12-16-7-3-6-10-22(16)25-23;1-4-7(5(2)8)6(3)9;/h3-10,12-15H,1-2H3;8H,4H2,1-3H3;/q-1;;/b;7-5-;. The average molecular weight is 641 g/mol. The summed E-state index contributed by atoms with van der Waals surface area (Å²) in [5.41, 5.74) is 8.97. The van der Waals surface area contributed by atoms with Gasteiger partial charge in [0.2, 0.25) is 0 Å². The van der Waals surface area contributed by atoms with Crippen LogP contribution in [0.5, 0.6) is 0 Å². The van der Waals surface area contributed by atoms with Crippen molar-refractivity contribution in [1.29, 1.82) is 0 Å². The molecular formula is C31H30IrNO2-.